The van der Waals surface area contributed by atoms with E-state index in [1.54, 1.807) is 31.0 Å². The van der Waals surface area contributed by atoms with Gasteiger partial charge in [0.1, 0.15) is 0 Å². The third kappa shape index (κ3) is 4.06. The van der Waals surface area contributed by atoms with Gasteiger partial charge in [-0.3, -0.25) is 0 Å². The lowest BCUT2D eigenvalue weighted by molar-refractivity contribution is 0.355. The first-order chi connectivity index (χ1) is 14.2. The fourth-order valence-electron chi connectivity index (χ4n) is 2.65. The molecule has 0 N–H and O–H groups in total. The topological polar surface area (TPSA) is 101 Å². The molecule has 10 heteroatoms. The minimum atomic E-state index is 0.437. The molecule has 4 rings (SSSR count). The Balaban J connectivity index is 1.48. The van der Waals surface area contributed by atoms with Crippen molar-refractivity contribution in [3.63, 3.8) is 0 Å². The minimum Gasteiger partial charge on any atom is -0.493 e. The minimum absolute atomic E-state index is 0.437. The van der Waals surface area contributed by atoms with E-state index in [0.29, 0.717) is 34.1 Å². The van der Waals surface area contributed by atoms with Crippen LogP contribution in [0.3, 0.4) is 0 Å². The van der Waals surface area contributed by atoms with Crippen LogP contribution in [-0.2, 0) is 5.75 Å². The van der Waals surface area contributed by atoms with Crippen LogP contribution in [0.4, 0.5) is 0 Å². The van der Waals surface area contributed by atoms with Gasteiger partial charge in [0.25, 0.3) is 0 Å². The molecule has 0 unspecified atom stereocenters. The van der Waals surface area contributed by atoms with E-state index < -0.39 is 0 Å². The molecule has 0 fully saturated rings. The summed E-state index contributed by atoms with van der Waals surface area (Å²) in [5, 5.41) is 16.6. The number of benzene rings is 2. The SMILES string of the molecule is COc1ccc(-c2noc(CSc3nnnn3-c3ccc(C)cc3)n2)cc1OC. The third-order valence-electron chi connectivity index (χ3n) is 4.15. The van der Waals surface area contributed by atoms with E-state index in [4.69, 9.17) is 14.0 Å². The quantitative estimate of drug-likeness (QED) is 0.425. The number of rotatable bonds is 7. The summed E-state index contributed by atoms with van der Waals surface area (Å²) >= 11 is 1.41. The van der Waals surface area contributed by atoms with Crippen molar-refractivity contribution in [3.05, 3.63) is 53.9 Å². The van der Waals surface area contributed by atoms with E-state index >= 15 is 0 Å². The van der Waals surface area contributed by atoms with Gasteiger partial charge >= 0.3 is 0 Å². The Hall–Kier alpha value is -3.40. The standard InChI is InChI=1S/C19H18N6O3S/c1-12-4-7-14(8-5-12)25-19(21-23-24-25)29-11-17-20-18(22-28-17)13-6-9-15(26-2)16(10-13)27-3/h4-10H,11H2,1-3H3. The molecule has 0 aliphatic heterocycles. The van der Waals surface area contributed by atoms with Crippen molar-refractivity contribution in [3.8, 4) is 28.6 Å². The fraction of sp³-hybridized carbons (Fsp3) is 0.211. The molecule has 0 amide bonds. The number of nitrogens with zero attached hydrogens (tertiary/aromatic N) is 6. The van der Waals surface area contributed by atoms with Gasteiger partial charge in [0.2, 0.25) is 16.9 Å². The van der Waals surface area contributed by atoms with Gasteiger partial charge < -0.3 is 14.0 Å². The fourth-order valence-corrected chi connectivity index (χ4v) is 3.38. The summed E-state index contributed by atoms with van der Waals surface area (Å²) in [6.07, 6.45) is 0. The molecular formula is C19H18N6O3S. The van der Waals surface area contributed by atoms with E-state index in [9.17, 15) is 0 Å². The summed E-state index contributed by atoms with van der Waals surface area (Å²) in [4.78, 5) is 4.45. The largest absolute Gasteiger partial charge is 0.493 e. The highest BCUT2D eigenvalue weighted by molar-refractivity contribution is 7.98. The number of aromatic nitrogens is 6. The molecule has 148 valence electrons. The number of methoxy groups -OCH3 is 2. The maximum Gasteiger partial charge on any atom is 0.237 e. The monoisotopic (exact) mass is 410 g/mol. The molecular weight excluding hydrogens is 392 g/mol. The second-order valence-corrected chi connectivity index (χ2v) is 7.02. The molecule has 0 spiro atoms. The second kappa shape index (κ2) is 8.31. The Kier molecular flexibility index (Phi) is 5.43. The third-order valence-corrected chi connectivity index (χ3v) is 5.06. The molecule has 2 heterocycles. The van der Waals surface area contributed by atoms with Crippen LogP contribution in [0.2, 0.25) is 0 Å². The van der Waals surface area contributed by atoms with E-state index in [0.717, 1.165) is 11.3 Å². The number of hydrogen-bond donors (Lipinski definition) is 0. The number of tetrazole rings is 1. The second-order valence-electron chi connectivity index (χ2n) is 6.08. The van der Waals surface area contributed by atoms with Crippen LogP contribution >= 0.6 is 11.8 Å². The molecule has 0 bridgehead atoms. The Morgan fingerprint density at radius 3 is 2.59 bits per heavy atom. The van der Waals surface area contributed by atoms with Crippen LogP contribution in [0, 0.1) is 6.92 Å². The molecule has 29 heavy (non-hydrogen) atoms. The first-order valence-electron chi connectivity index (χ1n) is 8.71. The van der Waals surface area contributed by atoms with Crippen molar-refractivity contribution in [2.45, 2.75) is 17.8 Å². The zero-order valence-corrected chi connectivity index (χ0v) is 16.9. The van der Waals surface area contributed by atoms with Gasteiger partial charge in [-0.25, -0.2) is 0 Å². The van der Waals surface area contributed by atoms with Gasteiger partial charge in [-0.15, -0.1) is 5.10 Å². The molecule has 0 aliphatic rings. The molecule has 9 nitrogen and oxygen atoms in total. The zero-order valence-electron chi connectivity index (χ0n) is 16.1. The molecule has 2 aromatic carbocycles. The van der Waals surface area contributed by atoms with Crippen LogP contribution < -0.4 is 9.47 Å². The summed E-state index contributed by atoms with van der Waals surface area (Å²) in [6, 6.07) is 13.4. The lowest BCUT2D eigenvalue weighted by Gasteiger charge is -2.07. The van der Waals surface area contributed by atoms with Crippen LogP contribution in [0.25, 0.3) is 17.1 Å². The molecule has 0 saturated carbocycles. The van der Waals surface area contributed by atoms with Gasteiger partial charge in [0, 0.05) is 5.56 Å². The van der Waals surface area contributed by atoms with Gasteiger partial charge in [0.15, 0.2) is 11.5 Å². The van der Waals surface area contributed by atoms with Crippen LogP contribution in [0.5, 0.6) is 11.5 Å². The van der Waals surface area contributed by atoms with E-state index in [1.165, 1.54) is 17.3 Å². The number of ether oxygens (including phenoxy) is 2. The maximum atomic E-state index is 5.38. The molecule has 0 radical (unpaired) electrons. The normalized spacial score (nSPS) is 10.9. The highest BCUT2D eigenvalue weighted by Gasteiger charge is 2.15. The number of thioether (sulfide) groups is 1. The van der Waals surface area contributed by atoms with Gasteiger partial charge in [0.05, 0.1) is 25.7 Å². The maximum absolute atomic E-state index is 5.38. The molecule has 4 aromatic rings. The van der Waals surface area contributed by atoms with Gasteiger partial charge in [-0.2, -0.15) is 9.67 Å². The van der Waals surface area contributed by atoms with Crippen molar-refractivity contribution in [1.82, 2.24) is 30.3 Å². The highest BCUT2D eigenvalue weighted by atomic mass is 32.2. The van der Waals surface area contributed by atoms with E-state index in [1.807, 2.05) is 37.3 Å². The first kappa shape index (κ1) is 18.9. The van der Waals surface area contributed by atoms with Crippen molar-refractivity contribution in [2.75, 3.05) is 14.2 Å². The summed E-state index contributed by atoms with van der Waals surface area (Å²) in [5.41, 5.74) is 2.83. The first-order valence-corrected chi connectivity index (χ1v) is 9.69. The van der Waals surface area contributed by atoms with Gasteiger partial charge in [-0.05, 0) is 47.7 Å². The predicted octanol–water partition coefficient (Wildman–Crippen LogP) is 3.33. The average molecular weight is 410 g/mol. The smallest absolute Gasteiger partial charge is 0.237 e. The summed E-state index contributed by atoms with van der Waals surface area (Å²) < 4.78 is 17.6. The van der Waals surface area contributed by atoms with Crippen molar-refractivity contribution < 1.29 is 14.0 Å². The highest BCUT2D eigenvalue weighted by Crippen LogP contribution is 2.31. The summed E-state index contributed by atoms with van der Waals surface area (Å²) in [6.45, 7) is 2.03. The lowest BCUT2D eigenvalue weighted by Crippen LogP contribution is -1.99. The van der Waals surface area contributed by atoms with E-state index in [2.05, 4.69) is 25.7 Å². The van der Waals surface area contributed by atoms with Crippen LogP contribution in [0.1, 0.15) is 11.5 Å². The number of hydrogen-bond acceptors (Lipinski definition) is 9. The molecule has 2 aromatic heterocycles. The molecule has 0 aliphatic carbocycles. The average Bonchev–Trinajstić information content (AvgIpc) is 3.42. The van der Waals surface area contributed by atoms with Crippen molar-refractivity contribution in [2.24, 2.45) is 0 Å². The van der Waals surface area contributed by atoms with Crippen molar-refractivity contribution in [1.29, 1.82) is 0 Å². The summed E-state index contributed by atoms with van der Waals surface area (Å²) in [7, 11) is 3.17. The molecule has 0 saturated heterocycles. The lowest BCUT2D eigenvalue weighted by atomic mass is 10.2. The predicted molar refractivity (Wildman–Crippen MR) is 106 cm³/mol. The summed E-state index contributed by atoms with van der Waals surface area (Å²) in [5.74, 6) is 2.62. The number of aryl methyl sites for hydroxylation is 1. The van der Waals surface area contributed by atoms with Crippen LogP contribution in [-0.4, -0.2) is 44.6 Å². The van der Waals surface area contributed by atoms with Crippen molar-refractivity contribution >= 4 is 11.8 Å². The van der Waals surface area contributed by atoms with Gasteiger partial charge in [-0.1, -0.05) is 34.6 Å². The van der Waals surface area contributed by atoms with E-state index in [-0.39, 0.29) is 0 Å². The Morgan fingerprint density at radius 1 is 1.03 bits per heavy atom. The Morgan fingerprint density at radius 2 is 1.83 bits per heavy atom. The molecule has 0 atom stereocenters. The van der Waals surface area contributed by atoms with Crippen LogP contribution in [0.15, 0.2) is 52.1 Å². The Bertz CT molecular complexity index is 1110. The Labute approximate surface area is 171 Å². The zero-order chi connectivity index (χ0) is 20.2.